The molecule has 0 saturated heterocycles. The topological polar surface area (TPSA) is 95.7 Å². The lowest BCUT2D eigenvalue weighted by atomic mass is 10.2. The molecule has 0 fully saturated rings. The molecule has 152 valence electrons. The van der Waals surface area contributed by atoms with Gasteiger partial charge in [-0.3, -0.25) is 4.79 Å². The minimum Gasteiger partial charge on any atom is -0.493 e. The van der Waals surface area contributed by atoms with E-state index in [9.17, 15) is 4.79 Å². The zero-order chi connectivity index (χ0) is 20.6. The molecule has 0 bridgehead atoms. The molecule has 0 saturated carbocycles. The Morgan fingerprint density at radius 1 is 1.07 bits per heavy atom. The van der Waals surface area contributed by atoms with Gasteiger partial charge in [0.1, 0.15) is 5.75 Å². The third-order valence-corrected chi connectivity index (χ3v) is 4.64. The summed E-state index contributed by atoms with van der Waals surface area (Å²) in [5, 5.41) is 11.1. The third-order valence-electron chi connectivity index (χ3n) is 3.82. The molecule has 2 aromatic carbocycles. The fourth-order valence-corrected chi connectivity index (χ4v) is 3.08. The number of amides is 1. The number of para-hydroxylation sites is 2. The highest BCUT2D eigenvalue weighted by Gasteiger charge is 2.14. The first-order valence-corrected chi connectivity index (χ1v) is 9.83. The Kier molecular flexibility index (Phi) is 6.96. The van der Waals surface area contributed by atoms with E-state index in [4.69, 9.17) is 18.6 Å². The summed E-state index contributed by atoms with van der Waals surface area (Å²) in [5.74, 6) is 2.04. The fourth-order valence-electron chi connectivity index (χ4n) is 2.52. The van der Waals surface area contributed by atoms with Gasteiger partial charge >= 0.3 is 0 Å². The van der Waals surface area contributed by atoms with Crippen molar-refractivity contribution < 1.29 is 23.4 Å². The third kappa shape index (κ3) is 5.20. The second-order valence-corrected chi connectivity index (χ2v) is 6.64. The van der Waals surface area contributed by atoms with E-state index in [0.717, 1.165) is 11.8 Å². The van der Waals surface area contributed by atoms with Crippen molar-refractivity contribution in [2.75, 3.05) is 31.9 Å². The predicted octanol–water partition coefficient (Wildman–Crippen LogP) is 3.88. The maximum Gasteiger partial charge on any atom is 0.277 e. The molecule has 0 atom stereocenters. The van der Waals surface area contributed by atoms with Gasteiger partial charge in [0, 0.05) is 5.56 Å². The van der Waals surface area contributed by atoms with Gasteiger partial charge in [-0.25, -0.2) is 0 Å². The van der Waals surface area contributed by atoms with E-state index in [0.29, 0.717) is 46.2 Å². The number of nitrogens with zero attached hydrogens (tertiary/aromatic N) is 2. The van der Waals surface area contributed by atoms with Gasteiger partial charge < -0.3 is 23.9 Å². The van der Waals surface area contributed by atoms with Crippen LogP contribution in [-0.2, 0) is 4.79 Å². The van der Waals surface area contributed by atoms with Crippen LogP contribution in [0.15, 0.2) is 52.1 Å². The van der Waals surface area contributed by atoms with Crippen LogP contribution in [0.4, 0.5) is 5.69 Å². The molecular weight excluding hydrogens is 394 g/mol. The molecule has 0 aliphatic carbocycles. The number of carbonyl (C=O) groups is 1. The van der Waals surface area contributed by atoms with Crippen LogP contribution in [0.25, 0.3) is 11.5 Å². The number of benzene rings is 2. The van der Waals surface area contributed by atoms with Crippen LogP contribution in [0.5, 0.6) is 17.2 Å². The number of thioether (sulfide) groups is 1. The average Bonchev–Trinajstić information content (AvgIpc) is 3.22. The maximum absolute atomic E-state index is 12.3. The highest BCUT2D eigenvalue weighted by molar-refractivity contribution is 7.99. The van der Waals surface area contributed by atoms with E-state index in [-0.39, 0.29) is 11.7 Å². The molecule has 1 N–H and O–H groups in total. The summed E-state index contributed by atoms with van der Waals surface area (Å²) < 4.78 is 21.7. The van der Waals surface area contributed by atoms with E-state index < -0.39 is 0 Å². The molecular formula is C20H21N3O5S. The molecule has 1 aromatic heterocycles. The van der Waals surface area contributed by atoms with Gasteiger partial charge in [0.2, 0.25) is 11.8 Å². The lowest BCUT2D eigenvalue weighted by Crippen LogP contribution is -2.14. The number of hydrogen-bond donors (Lipinski definition) is 1. The zero-order valence-electron chi connectivity index (χ0n) is 16.3. The van der Waals surface area contributed by atoms with Crippen LogP contribution in [0.2, 0.25) is 0 Å². The van der Waals surface area contributed by atoms with Crippen molar-refractivity contribution in [3.8, 4) is 28.7 Å². The van der Waals surface area contributed by atoms with Crippen molar-refractivity contribution in [1.29, 1.82) is 0 Å². The minimum atomic E-state index is -0.201. The quantitative estimate of drug-likeness (QED) is 0.526. The van der Waals surface area contributed by atoms with Gasteiger partial charge in [0.15, 0.2) is 11.5 Å². The second kappa shape index (κ2) is 9.83. The monoisotopic (exact) mass is 415 g/mol. The van der Waals surface area contributed by atoms with Crippen molar-refractivity contribution >= 4 is 23.4 Å². The molecule has 0 aliphatic heterocycles. The van der Waals surface area contributed by atoms with E-state index >= 15 is 0 Å². The van der Waals surface area contributed by atoms with Crippen LogP contribution in [-0.4, -0.2) is 42.7 Å². The number of hydrogen-bond acceptors (Lipinski definition) is 8. The van der Waals surface area contributed by atoms with E-state index in [2.05, 4.69) is 15.5 Å². The van der Waals surface area contributed by atoms with Crippen LogP contribution < -0.4 is 19.5 Å². The number of anilines is 1. The predicted molar refractivity (Wildman–Crippen MR) is 110 cm³/mol. The van der Waals surface area contributed by atoms with Crippen LogP contribution in [0, 0.1) is 0 Å². The number of nitrogens with one attached hydrogen (secondary N) is 1. The summed E-state index contributed by atoms with van der Waals surface area (Å²) in [5.41, 5.74) is 1.31. The van der Waals surface area contributed by atoms with Crippen LogP contribution >= 0.6 is 11.8 Å². The minimum absolute atomic E-state index is 0.119. The number of carbonyl (C=O) groups excluding carboxylic acids is 1. The van der Waals surface area contributed by atoms with Gasteiger partial charge in [-0.15, -0.1) is 10.2 Å². The van der Waals surface area contributed by atoms with Crippen molar-refractivity contribution in [2.24, 2.45) is 0 Å². The first-order chi connectivity index (χ1) is 14.1. The summed E-state index contributed by atoms with van der Waals surface area (Å²) in [7, 11) is 3.12. The Balaban J connectivity index is 1.62. The van der Waals surface area contributed by atoms with Crippen LogP contribution in [0.1, 0.15) is 6.92 Å². The molecule has 0 unspecified atom stereocenters. The highest BCUT2D eigenvalue weighted by Crippen LogP contribution is 2.32. The highest BCUT2D eigenvalue weighted by atomic mass is 32.2. The molecule has 0 radical (unpaired) electrons. The molecule has 3 rings (SSSR count). The molecule has 8 nitrogen and oxygen atoms in total. The van der Waals surface area contributed by atoms with Crippen molar-refractivity contribution in [2.45, 2.75) is 12.1 Å². The van der Waals surface area contributed by atoms with Gasteiger partial charge in [0.05, 0.1) is 32.3 Å². The van der Waals surface area contributed by atoms with Gasteiger partial charge in [0.25, 0.3) is 5.22 Å². The fraction of sp³-hybridized carbons (Fsp3) is 0.250. The first-order valence-electron chi connectivity index (χ1n) is 8.85. The molecule has 1 heterocycles. The Labute approximate surface area is 172 Å². The van der Waals surface area contributed by atoms with Gasteiger partial charge in [-0.1, -0.05) is 23.9 Å². The summed E-state index contributed by atoms with van der Waals surface area (Å²) in [6.07, 6.45) is 0. The maximum atomic E-state index is 12.3. The van der Waals surface area contributed by atoms with Crippen molar-refractivity contribution in [1.82, 2.24) is 10.2 Å². The Bertz CT molecular complexity index is 976. The molecule has 3 aromatic rings. The standard InChI is InChI=1S/C20H21N3O5S/c1-4-27-15-8-6-5-7-14(15)21-18(24)12-29-20-23-22-19(28-20)13-9-10-16(25-2)17(11-13)26-3/h5-11H,4,12H2,1-3H3,(H,21,24). The number of rotatable bonds is 9. The first kappa shape index (κ1) is 20.5. The smallest absolute Gasteiger partial charge is 0.277 e. The Morgan fingerprint density at radius 3 is 2.62 bits per heavy atom. The Hall–Kier alpha value is -3.20. The average molecular weight is 415 g/mol. The summed E-state index contributed by atoms with van der Waals surface area (Å²) in [6, 6.07) is 12.6. The number of methoxy groups -OCH3 is 2. The summed E-state index contributed by atoms with van der Waals surface area (Å²) >= 11 is 1.15. The second-order valence-electron chi connectivity index (χ2n) is 5.71. The molecule has 0 aliphatic rings. The number of ether oxygens (including phenoxy) is 3. The van der Waals surface area contributed by atoms with Crippen LogP contribution in [0.3, 0.4) is 0 Å². The van der Waals surface area contributed by atoms with E-state index in [1.807, 2.05) is 19.1 Å². The van der Waals surface area contributed by atoms with Gasteiger partial charge in [-0.05, 0) is 37.3 Å². The zero-order valence-corrected chi connectivity index (χ0v) is 17.1. The van der Waals surface area contributed by atoms with E-state index in [1.54, 1.807) is 44.6 Å². The van der Waals surface area contributed by atoms with Crippen molar-refractivity contribution in [3.63, 3.8) is 0 Å². The lowest BCUT2D eigenvalue weighted by molar-refractivity contribution is -0.113. The molecule has 1 amide bonds. The van der Waals surface area contributed by atoms with Crippen molar-refractivity contribution in [3.05, 3.63) is 42.5 Å². The molecule has 0 spiro atoms. The van der Waals surface area contributed by atoms with E-state index in [1.165, 1.54) is 0 Å². The molecule has 9 heteroatoms. The largest absolute Gasteiger partial charge is 0.493 e. The molecule has 29 heavy (non-hydrogen) atoms. The Morgan fingerprint density at radius 2 is 1.86 bits per heavy atom. The number of aromatic nitrogens is 2. The summed E-state index contributed by atoms with van der Waals surface area (Å²) in [6.45, 7) is 2.41. The van der Waals surface area contributed by atoms with Gasteiger partial charge in [-0.2, -0.15) is 0 Å². The SMILES string of the molecule is CCOc1ccccc1NC(=O)CSc1nnc(-c2ccc(OC)c(OC)c2)o1. The normalized spacial score (nSPS) is 10.4. The lowest BCUT2D eigenvalue weighted by Gasteiger charge is -2.10. The summed E-state index contributed by atoms with van der Waals surface area (Å²) in [4.78, 5) is 12.3.